The molecule has 3 aromatic heterocycles. The molecule has 6 rings (SSSR count). The molecular formula is C24H23N5O3. The SMILES string of the molecule is O=C(N[C@H]1CC2(C1)C[C@H](c1n[nH]c(=O)c3ccccc31)C2)c1cnn2cc(CO)ccc12. The largest absolute Gasteiger partial charge is 0.392 e. The second-order valence-electron chi connectivity index (χ2n) is 9.25. The van der Waals surface area contributed by atoms with Gasteiger partial charge in [-0.05, 0) is 48.8 Å². The molecular weight excluding hydrogens is 406 g/mol. The fourth-order valence-corrected chi connectivity index (χ4v) is 5.61. The van der Waals surface area contributed by atoms with Gasteiger partial charge in [0.05, 0.1) is 35.0 Å². The minimum atomic E-state index is -0.148. The molecule has 0 radical (unpaired) electrons. The van der Waals surface area contributed by atoms with Crippen LogP contribution in [0.15, 0.2) is 53.6 Å². The average molecular weight is 429 g/mol. The number of rotatable bonds is 4. The summed E-state index contributed by atoms with van der Waals surface area (Å²) < 4.78 is 1.63. The van der Waals surface area contributed by atoms with E-state index in [4.69, 9.17) is 0 Å². The summed E-state index contributed by atoms with van der Waals surface area (Å²) in [5.74, 6) is 0.231. The zero-order chi connectivity index (χ0) is 21.9. The number of benzene rings is 1. The number of pyridine rings is 1. The van der Waals surface area contributed by atoms with E-state index < -0.39 is 0 Å². The number of H-pyrrole nitrogens is 1. The fourth-order valence-electron chi connectivity index (χ4n) is 5.61. The summed E-state index contributed by atoms with van der Waals surface area (Å²) in [7, 11) is 0. The number of hydrogen-bond acceptors (Lipinski definition) is 5. The zero-order valence-electron chi connectivity index (χ0n) is 17.4. The minimum Gasteiger partial charge on any atom is -0.392 e. The topological polar surface area (TPSA) is 112 Å². The lowest BCUT2D eigenvalue weighted by atomic mass is 9.49. The van der Waals surface area contributed by atoms with Crippen molar-refractivity contribution in [1.29, 1.82) is 0 Å². The Morgan fingerprint density at radius 3 is 2.72 bits per heavy atom. The Morgan fingerprint density at radius 2 is 1.94 bits per heavy atom. The molecule has 8 heteroatoms. The van der Waals surface area contributed by atoms with Crippen molar-refractivity contribution in [2.45, 2.75) is 44.2 Å². The predicted octanol–water partition coefficient (Wildman–Crippen LogP) is 2.52. The van der Waals surface area contributed by atoms with Crippen LogP contribution < -0.4 is 10.9 Å². The molecule has 0 unspecified atom stereocenters. The number of aromatic nitrogens is 4. The van der Waals surface area contributed by atoms with Crippen LogP contribution in [0.1, 0.15) is 53.2 Å². The Hall–Kier alpha value is -3.52. The van der Waals surface area contributed by atoms with Crippen molar-refractivity contribution in [3.8, 4) is 0 Å². The molecule has 4 aromatic rings. The summed E-state index contributed by atoms with van der Waals surface area (Å²) >= 11 is 0. The third-order valence-corrected chi connectivity index (χ3v) is 7.17. The molecule has 8 nitrogen and oxygen atoms in total. The highest BCUT2D eigenvalue weighted by molar-refractivity contribution is 6.00. The number of nitrogens with one attached hydrogen (secondary N) is 2. The highest BCUT2D eigenvalue weighted by atomic mass is 16.3. The van der Waals surface area contributed by atoms with Crippen molar-refractivity contribution >= 4 is 22.2 Å². The Bertz CT molecular complexity index is 1410. The van der Waals surface area contributed by atoms with Crippen molar-refractivity contribution in [3.63, 3.8) is 0 Å². The van der Waals surface area contributed by atoms with E-state index in [2.05, 4.69) is 20.6 Å². The van der Waals surface area contributed by atoms with E-state index >= 15 is 0 Å². The molecule has 0 aliphatic heterocycles. The molecule has 32 heavy (non-hydrogen) atoms. The standard InChI is InChI=1S/C24H23N5O3/c30-13-14-5-6-20-19(11-25-29(20)12-14)22(31)26-16-9-24(10-16)7-15(8-24)21-17-3-1-2-4-18(17)23(32)28-27-21/h1-6,11-12,15-16,30H,7-10,13H2,(H,26,31)(H,28,32)/t15-,16-,24?. The van der Waals surface area contributed by atoms with E-state index in [9.17, 15) is 14.7 Å². The van der Waals surface area contributed by atoms with Crippen molar-refractivity contribution in [3.05, 3.63) is 76.0 Å². The summed E-state index contributed by atoms with van der Waals surface area (Å²) in [4.78, 5) is 24.8. The summed E-state index contributed by atoms with van der Waals surface area (Å²) in [5, 5.41) is 25.3. The van der Waals surface area contributed by atoms with Gasteiger partial charge < -0.3 is 10.4 Å². The van der Waals surface area contributed by atoms with Gasteiger partial charge in [-0.25, -0.2) is 9.61 Å². The molecule has 0 atom stereocenters. The molecule has 2 fully saturated rings. The third-order valence-electron chi connectivity index (χ3n) is 7.17. The van der Waals surface area contributed by atoms with Crippen LogP contribution in [0.2, 0.25) is 0 Å². The van der Waals surface area contributed by atoms with Crippen molar-refractivity contribution in [2.24, 2.45) is 5.41 Å². The first kappa shape index (κ1) is 19.2. The van der Waals surface area contributed by atoms with Crippen molar-refractivity contribution in [2.75, 3.05) is 0 Å². The van der Waals surface area contributed by atoms with Crippen LogP contribution in [0.5, 0.6) is 0 Å². The number of carbonyl (C=O) groups excluding carboxylic acids is 1. The molecule has 2 aliphatic rings. The van der Waals surface area contributed by atoms with E-state index in [1.807, 2.05) is 30.3 Å². The molecule has 2 saturated carbocycles. The van der Waals surface area contributed by atoms with Gasteiger partial charge in [-0.1, -0.05) is 24.3 Å². The lowest BCUT2D eigenvalue weighted by molar-refractivity contribution is -0.0196. The Labute approximate surface area is 183 Å². The second-order valence-corrected chi connectivity index (χ2v) is 9.25. The molecule has 1 aromatic carbocycles. The number of aliphatic hydroxyl groups excluding tert-OH is 1. The van der Waals surface area contributed by atoms with Crippen molar-refractivity contribution < 1.29 is 9.90 Å². The Balaban J connectivity index is 1.11. The third kappa shape index (κ3) is 2.94. The number of nitrogens with zero attached hydrogens (tertiary/aromatic N) is 3. The highest BCUT2D eigenvalue weighted by Crippen LogP contribution is 2.62. The van der Waals surface area contributed by atoms with Crippen molar-refractivity contribution in [1.82, 2.24) is 25.1 Å². The Kier molecular flexibility index (Phi) is 4.19. The molecule has 1 amide bonds. The fraction of sp³-hybridized carbons (Fsp3) is 0.333. The smallest absolute Gasteiger partial charge is 0.272 e. The lowest BCUT2D eigenvalue weighted by Crippen LogP contribution is -2.55. The maximum Gasteiger partial charge on any atom is 0.272 e. The van der Waals surface area contributed by atoms with Crippen LogP contribution in [0.3, 0.4) is 0 Å². The first-order chi connectivity index (χ1) is 15.5. The van der Waals surface area contributed by atoms with Crippen LogP contribution in [0, 0.1) is 5.41 Å². The molecule has 3 N–H and O–H groups in total. The van der Waals surface area contributed by atoms with Gasteiger partial charge in [-0.3, -0.25) is 9.59 Å². The van der Waals surface area contributed by atoms with Crippen LogP contribution in [0.25, 0.3) is 16.3 Å². The number of amides is 1. The summed E-state index contributed by atoms with van der Waals surface area (Å²) in [6, 6.07) is 11.4. The van der Waals surface area contributed by atoms with E-state index in [0.29, 0.717) is 16.9 Å². The number of aromatic amines is 1. The van der Waals surface area contributed by atoms with Gasteiger partial charge in [0.25, 0.3) is 11.5 Å². The summed E-state index contributed by atoms with van der Waals surface area (Å²) in [5.41, 5.74) is 3.12. The zero-order valence-corrected chi connectivity index (χ0v) is 17.4. The summed E-state index contributed by atoms with van der Waals surface area (Å²) in [6.45, 7) is -0.0626. The maximum absolute atomic E-state index is 12.8. The second kappa shape index (κ2) is 7.00. The number of aliphatic hydroxyl groups is 1. The summed E-state index contributed by atoms with van der Waals surface area (Å²) in [6.07, 6.45) is 7.29. The minimum absolute atomic E-state index is 0.0626. The van der Waals surface area contributed by atoms with E-state index in [1.54, 1.807) is 23.0 Å². The van der Waals surface area contributed by atoms with Crippen LogP contribution in [-0.4, -0.2) is 36.9 Å². The molecule has 162 valence electrons. The number of hydrogen-bond donors (Lipinski definition) is 3. The molecule has 2 aliphatic carbocycles. The predicted molar refractivity (Wildman–Crippen MR) is 118 cm³/mol. The number of carbonyl (C=O) groups is 1. The van der Waals surface area contributed by atoms with Gasteiger partial charge in [-0.2, -0.15) is 10.2 Å². The van der Waals surface area contributed by atoms with Crippen LogP contribution in [0.4, 0.5) is 0 Å². The molecule has 1 spiro atoms. The average Bonchev–Trinajstić information content (AvgIpc) is 3.18. The van der Waals surface area contributed by atoms with Gasteiger partial charge in [0, 0.05) is 23.5 Å². The van der Waals surface area contributed by atoms with E-state index in [-0.39, 0.29) is 29.5 Å². The van der Waals surface area contributed by atoms with Gasteiger partial charge in [-0.15, -0.1) is 0 Å². The maximum atomic E-state index is 12.8. The highest BCUT2D eigenvalue weighted by Gasteiger charge is 2.54. The molecule has 0 saturated heterocycles. The quantitative estimate of drug-likeness (QED) is 0.461. The van der Waals surface area contributed by atoms with Crippen LogP contribution >= 0.6 is 0 Å². The molecule has 0 bridgehead atoms. The monoisotopic (exact) mass is 429 g/mol. The Morgan fingerprint density at radius 1 is 1.16 bits per heavy atom. The first-order valence-electron chi connectivity index (χ1n) is 10.9. The number of fused-ring (bicyclic) bond motifs is 2. The van der Waals surface area contributed by atoms with Crippen LogP contribution in [-0.2, 0) is 6.61 Å². The van der Waals surface area contributed by atoms with Gasteiger partial charge in [0.2, 0.25) is 0 Å². The van der Waals surface area contributed by atoms with E-state index in [0.717, 1.165) is 47.8 Å². The normalized spacial score (nSPS) is 24.4. The first-order valence-corrected chi connectivity index (χ1v) is 10.9. The van der Waals surface area contributed by atoms with Gasteiger partial charge in [0.15, 0.2) is 0 Å². The van der Waals surface area contributed by atoms with Gasteiger partial charge in [0.1, 0.15) is 0 Å². The molecule has 3 heterocycles. The lowest BCUT2D eigenvalue weighted by Gasteiger charge is -2.57. The van der Waals surface area contributed by atoms with E-state index in [1.165, 1.54) is 0 Å². The van der Waals surface area contributed by atoms with Gasteiger partial charge >= 0.3 is 0 Å².